The maximum Gasteiger partial charge on any atom is 0.0492 e. The maximum absolute atomic E-state index is 6.61. The molecule has 1 aliphatic carbocycles. The number of fused-ring (bicyclic) bond motifs is 1. The molecule has 0 bridgehead atoms. The van der Waals surface area contributed by atoms with Gasteiger partial charge in [0.2, 0.25) is 0 Å². The van der Waals surface area contributed by atoms with Crippen LogP contribution in [-0.4, -0.2) is 9.78 Å². The molecule has 94 valence electrons. The number of hydrogen-bond donors (Lipinski definition) is 1. The molecule has 0 radical (unpaired) electrons. The molecule has 0 spiro atoms. The minimum absolute atomic E-state index is 0.152. The van der Waals surface area contributed by atoms with E-state index in [4.69, 9.17) is 5.73 Å². The highest BCUT2D eigenvalue weighted by Gasteiger charge is 2.34. The molecule has 0 saturated carbocycles. The SMILES string of the molecule is Cn1nccc1CCC1(N)CCc2ccccc21. The van der Waals surface area contributed by atoms with Crippen LogP contribution in [0.5, 0.6) is 0 Å². The molecular formula is C15H19N3. The molecule has 18 heavy (non-hydrogen) atoms. The van der Waals surface area contributed by atoms with E-state index in [9.17, 15) is 0 Å². The van der Waals surface area contributed by atoms with Gasteiger partial charge in [-0.2, -0.15) is 5.10 Å². The molecule has 3 rings (SSSR count). The number of hydrogen-bond acceptors (Lipinski definition) is 2. The Labute approximate surface area is 108 Å². The standard InChI is InChI=1S/C15H19N3/c1-18-13(8-11-17-18)7-10-15(16)9-6-12-4-2-3-5-14(12)15/h2-5,8,11H,6-7,9-10,16H2,1H3. The number of nitrogens with zero attached hydrogens (tertiary/aromatic N) is 2. The third kappa shape index (κ3) is 1.85. The Kier molecular flexibility index (Phi) is 2.71. The topological polar surface area (TPSA) is 43.8 Å². The molecular weight excluding hydrogens is 222 g/mol. The van der Waals surface area contributed by atoms with Crippen LogP contribution in [0, 0.1) is 0 Å². The fraction of sp³-hybridized carbons (Fsp3) is 0.400. The van der Waals surface area contributed by atoms with E-state index in [-0.39, 0.29) is 5.54 Å². The van der Waals surface area contributed by atoms with Crippen LogP contribution in [0.2, 0.25) is 0 Å². The monoisotopic (exact) mass is 241 g/mol. The average molecular weight is 241 g/mol. The van der Waals surface area contributed by atoms with Gasteiger partial charge in [0.1, 0.15) is 0 Å². The molecule has 1 aliphatic rings. The Morgan fingerprint density at radius 3 is 2.94 bits per heavy atom. The molecule has 1 unspecified atom stereocenters. The zero-order valence-electron chi connectivity index (χ0n) is 10.8. The van der Waals surface area contributed by atoms with E-state index in [1.54, 1.807) is 0 Å². The van der Waals surface area contributed by atoms with Gasteiger partial charge in [0.15, 0.2) is 0 Å². The second-order valence-electron chi connectivity index (χ2n) is 5.26. The van der Waals surface area contributed by atoms with E-state index in [1.807, 2.05) is 17.9 Å². The summed E-state index contributed by atoms with van der Waals surface area (Å²) < 4.78 is 1.93. The zero-order valence-corrected chi connectivity index (χ0v) is 10.8. The first-order valence-electron chi connectivity index (χ1n) is 6.53. The molecule has 0 aliphatic heterocycles. The molecule has 3 nitrogen and oxygen atoms in total. The fourth-order valence-corrected chi connectivity index (χ4v) is 2.97. The maximum atomic E-state index is 6.61. The van der Waals surface area contributed by atoms with Crippen molar-refractivity contribution in [1.82, 2.24) is 9.78 Å². The average Bonchev–Trinajstić information content (AvgIpc) is 2.93. The summed E-state index contributed by atoms with van der Waals surface area (Å²) >= 11 is 0. The van der Waals surface area contributed by atoms with Gasteiger partial charge in [-0.05, 0) is 42.9 Å². The van der Waals surface area contributed by atoms with E-state index in [0.717, 1.165) is 25.7 Å². The minimum atomic E-state index is -0.152. The highest BCUT2D eigenvalue weighted by Crippen LogP contribution is 2.37. The van der Waals surface area contributed by atoms with Gasteiger partial charge < -0.3 is 5.73 Å². The van der Waals surface area contributed by atoms with Crippen LogP contribution in [0.4, 0.5) is 0 Å². The lowest BCUT2D eigenvalue weighted by atomic mass is 9.87. The van der Waals surface area contributed by atoms with Crippen LogP contribution in [0.25, 0.3) is 0 Å². The Morgan fingerprint density at radius 2 is 2.17 bits per heavy atom. The highest BCUT2D eigenvalue weighted by molar-refractivity contribution is 5.38. The van der Waals surface area contributed by atoms with Gasteiger partial charge >= 0.3 is 0 Å². The van der Waals surface area contributed by atoms with Crippen LogP contribution < -0.4 is 5.73 Å². The van der Waals surface area contributed by atoms with Gasteiger partial charge in [-0.15, -0.1) is 0 Å². The third-order valence-corrected chi connectivity index (χ3v) is 4.14. The quantitative estimate of drug-likeness (QED) is 0.895. The minimum Gasteiger partial charge on any atom is -0.321 e. The summed E-state index contributed by atoms with van der Waals surface area (Å²) in [6, 6.07) is 10.7. The van der Waals surface area contributed by atoms with Gasteiger partial charge in [-0.3, -0.25) is 4.68 Å². The summed E-state index contributed by atoms with van der Waals surface area (Å²) in [4.78, 5) is 0. The smallest absolute Gasteiger partial charge is 0.0492 e. The number of aromatic nitrogens is 2. The van der Waals surface area contributed by atoms with Crippen molar-refractivity contribution in [1.29, 1.82) is 0 Å². The summed E-state index contributed by atoms with van der Waals surface area (Å²) in [5, 5.41) is 4.20. The lowest BCUT2D eigenvalue weighted by Crippen LogP contribution is -2.34. The van der Waals surface area contributed by atoms with Crippen molar-refractivity contribution in [2.45, 2.75) is 31.2 Å². The van der Waals surface area contributed by atoms with Crippen molar-refractivity contribution in [3.05, 3.63) is 53.3 Å². The molecule has 0 saturated heterocycles. The number of nitrogens with two attached hydrogens (primary N) is 1. The van der Waals surface area contributed by atoms with Gasteiger partial charge in [0, 0.05) is 24.5 Å². The van der Waals surface area contributed by atoms with Gasteiger partial charge in [0.05, 0.1) is 0 Å². The fourth-order valence-electron chi connectivity index (χ4n) is 2.97. The molecule has 3 heteroatoms. The molecule has 1 atom stereocenters. The van der Waals surface area contributed by atoms with E-state index < -0.39 is 0 Å². The Bertz CT molecular complexity index is 558. The van der Waals surface area contributed by atoms with E-state index in [2.05, 4.69) is 35.4 Å². The molecule has 1 aromatic carbocycles. The van der Waals surface area contributed by atoms with Crippen molar-refractivity contribution in [2.75, 3.05) is 0 Å². The van der Waals surface area contributed by atoms with Crippen LogP contribution >= 0.6 is 0 Å². The first-order chi connectivity index (χ1) is 8.69. The van der Waals surface area contributed by atoms with Crippen LogP contribution in [0.15, 0.2) is 36.5 Å². The zero-order chi connectivity index (χ0) is 12.6. The van der Waals surface area contributed by atoms with Crippen molar-refractivity contribution in [3.8, 4) is 0 Å². The predicted molar refractivity (Wildman–Crippen MR) is 72.2 cm³/mol. The molecule has 0 amide bonds. The Balaban J connectivity index is 1.79. The van der Waals surface area contributed by atoms with Crippen LogP contribution in [-0.2, 0) is 25.4 Å². The lowest BCUT2D eigenvalue weighted by Gasteiger charge is -2.25. The second kappa shape index (κ2) is 4.25. The molecule has 1 heterocycles. The number of rotatable bonds is 3. The van der Waals surface area contributed by atoms with Gasteiger partial charge in [0.25, 0.3) is 0 Å². The molecule has 2 aromatic rings. The first kappa shape index (κ1) is 11.5. The first-order valence-corrected chi connectivity index (χ1v) is 6.53. The number of aryl methyl sites for hydroxylation is 3. The number of benzene rings is 1. The van der Waals surface area contributed by atoms with Gasteiger partial charge in [-0.25, -0.2) is 0 Å². The normalized spacial score (nSPS) is 22.1. The summed E-state index contributed by atoms with van der Waals surface area (Å²) in [7, 11) is 1.99. The summed E-state index contributed by atoms with van der Waals surface area (Å²) in [5.74, 6) is 0. The molecule has 0 fully saturated rings. The van der Waals surface area contributed by atoms with E-state index >= 15 is 0 Å². The van der Waals surface area contributed by atoms with Crippen LogP contribution in [0.3, 0.4) is 0 Å². The summed E-state index contributed by atoms with van der Waals surface area (Å²) in [6.07, 6.45) is 5.99. The lowest BCUT2D eigenvalue weighted by molar-refractivity contribution is 0.402. The predicted octanol–water partition coefficient (Wildman–Crippen LogP) is 2.15. The van der Waals surface area contributed by atoms with Gasteiger partial charge in [-0.1, -0.05) is 24.3 Å². The summed E-state index contributed by atoms with van der Waals surface area (Å²) in [5.41, 5.74) is 10.5. The third-order valence-electron chi connectivity index (χ3n) is 4.14. The highest BCUT2D eigenvalue weighted by atomic mass is 15.2. The molecule has 1 aromatic heterocycles. The Hall–Kier alpha value is -1.61. The van der Waals surface area contributed by atoms with E-state index in [1.165, 1.54) is 16.8 Å². The molecule has 2 N–H and O–H groups in total. The van der Waals surface area contributed by atoms with Crippen LogP contribution in [0.1, 0.15) is 29.7 Å². The largest absolute Gasteiger partial charge is 0.321 e. The van der Waals surface area contributed by atoms with Crippen molar-refractivity contribution in [3.63, 3.8) is 0 Å². The van der Waals surface area contributed by atoms with E-state index in [0.29, 0.717) is 0 Å². The van der Waals surface area contributed by atoms with Crippen molar-refractivity contribution < 1.29 is 0 Å². The Morgan fingerprint density at radius 1 is 1.33 bits per heavy atom. The summed E-state index contributed by atoms with van der Waals surface area (Å²) in [6.45, 7) is 0. The second-order valence-corrected chi connectivity index (χ2v) is 5.26. The van der Waals surface area contributed by atoms with Crippen molar-refractivity contribution in [2.24, 2.45) is 12.8 Å². The van der Waals surface area contributed by atoms with Crippen molar-refractivity contribution >= 4 is 0 Å².